The molecule has 0 unspecified atom stereocenters. The van der Waals surface area contributed by atoms with Crippen molar-refractivity contribution in [1.82, 2.24) is 15.3 Å². The van der Waals surface area contributed by atoms with Crippen LogP contribution in [0.5, 0.6) is 5.75 Å². The Labute approximate surface area is 140 Å². The van der Waals surface area contributed by atoms with E-state index in [4.69, 9.17) is 4.74 Å². The summed E-state index contributed by atoms with van der Waals surface area (Å²) in [7, 11) is 1.70. The fourth-order valence-electron chi connectivity index (χ4n) is 3.16. The maximum Gasteiger partial charge on any atom is 0.119 e. The van der Waals surface area contributed by atoms with Gasteiger partial charge in [0.05, 0.1) is 7.11 Å². The van der Waals surface area contributed by atoms with Gasteiger partial charge in [0.15, 0.2) is 0 Å². The summed E-state index contributed by atoms with van der Waals surface area (Å²) in [6.45, 7) is 1.82. The minimum absolute atomic E-state index is 0.882. The van der Waals surface area contributed by atoms with Gasteiger partial charge in [-0.1, -0.05) is 6.07 Å². The minimum atomic E-state index is 0.882. The number of fused-ring (bicyclic) bond motifs is 2. The Morgan fingerprint density at radius 2 is 1.92 bits per heavy atom. The number of H-pyrrole nitrogens is 2. The second-order valence-electron chi connectivity index (χ2n) is 6.05. The first-order chi connectivity index (χ1) is 11.8. The highest BCUT2D eigenvalue weighted by Crippen LogP contribution is 2.23. The van der Waals surface area contributed by atoms with Gasteiger partial charge >= 0.3 is 0 Å². The molecule has 2 heterocycles. The Morgan fingerprint density at radius 3 is 2.83 bits per heavy atom. The van der Waals surface area contributed by atoms with E-state index in [0.717, 1.165) is 30.8 Å². The molecule has 0 aliphatic heterocycles. The second kappa shape index (κ2) is 6.42. The predicted molar refractivity (Wildman–Crippen MR) is 98.6 cm³/mol. The molecule has 4 aromatic rings. The van der Waals surface area contributed by atoms with E-state index in [1.807, 2.05) is 12.3 Å². The summed E-state index contributed by atoms with van der Waals surface area (Å²) in [5.74, 6) is 0.899. The van der Waals surface area contributed by atoms with Crippen molar-refractivity contribution < 1.29 is 4.74 Å². The normalized spacial score (nSPS) is 11.4. The molecule has 4 rings (SSSR count). The van der Waals surface area contributed by atoms with Gasteiger partial charge in [-0.15, -0.1) is 0 Å². The number of hydrogen-bond acceptors (Lipinski definition) is 2. The SMILES string of the molecule is COc1ccc2[nH]cc(CCNCc3ccc4[nH]ccc4c3)c2c1. The third-order valence-electron chi connectivity index (χ3n) is 4.49. The van der Waals surface area contributed by atoms with E-state index in [-0.39, 0.29) is 0 Å². The minimum Gasteiger partial charge on any atom is -0.497 e. The Morgan fingerprint density at radius 1 is 1.00 bits per heavy atom. The van der Waals surface area contributed by atoms with Crippen molar-refractivity contribution in [3.05, 3.63) is 66.0 Å². The molecule has 0 bridgehead atoms. The molecule has 24 heavy (non-hydrogen) atoms. The van der Waals surface area contributed by atoms with Crippen molar-refractivity contribution in [1.29, 1.82) is 0 Å². The van der Waals surface area contributed by atoms with Crippen LogP contribution < -0.4 is 10.1 Å². The summed E-state index contributed by atoms with van der Waals surface area (Å²) >= 11 is 0. The number of nitrogens with one attached hydrogen (secondary N) is 3. The number of benzene rings is 2. The zero-order valence-corrected chi connectivity index (χ0v) is 13.7. The number of methoxy groups -OCH3 is 1. The third-order valence-corrected chi connectivity index (χ3v) is 4.49. The van der Waals surface area contributed by atoms with Crippen LogP contribution in [0.1, 0.15) is 11.1 Å². The fraction of sp³-hybridized carbons (Fsp3) is 0.200. The zero-order valence-electron chi connectivity index (χ0n) is 13.7. The molecule has 0 amide bonds. The molecule has 0 aliphatic carbocycles. The smallest absolute Gasteiger partial charge is 0.119 e. The quantitative estimate of drug-likeness (QED) is 0.471. The standard InChI is InChI=1S/C20H21N3O/c1-24-17-3-5-20-18(11-17)16(13-23-20)6-8-21-12-14-2-4-19-15(10-14)7-9-22-19/h2-5,7,9-11,13,21-23H,6,8,12H2,1H3. The maximum atomic E-state index is 5.33. The van der Waals surface area contributed by atoms with Gasteiger partial charge in [-0.3, -0.25) is 0 Å². The number of hydrogen-bond donors (Lipinski definition) is 3. The molecular weight excluding hydrogens is 298 g/mol. The van der Waals surface area contributed by atoms with E-state index < -0.39 is 0 Å². The monoisotopic (exact) mass is 319 g/mol. The highest BCUT2D eigenvalue weighted by molar-refractivity contribution is 5.84. The van der Waals surface area contributed by atoms with Crippen LogP contribution >= 0.6 is 0 Å². The highest BCUT2D eigenvalue weighted by Gasteiger charge is 2.05. The van der Waals surface area contributed by atoms with Crippen LogP contribution in [0, 0.1) is 0 Å². The van der Waals surface area contributed by atoms with Crippen LogP contribution in [0.4, 0.5) is 0 Å². The van der Waals surface area contributed by atoms with E-state index in [1.165, 1.54) is 27.4 Å². The first-order valence-electron chi connectivity index (χ1n) is 8.24. The van der Waals surface area contributed by atoms with E-state index in [9.17, 15) is 0 Å². The molecule has 0 fully saturated rings. The van der Waals surface area contributed by atoms with Crippen molar-refractivity contribution in [2.45, 2.75) is 13.0 Å². The predicted octanol–water partition coefficient (Wildman–Crippen LogP) is 3.99. The van der Waals surface area contributed by atoms with Crippen LogP contribution in [-0.4, -0.2) is 23.6 Å². The average molecular weight is 319 g/mol. The maximum absolute atomic E-state index is 5.33. The lowest BCUT2D eigenvalue weighted by Crippen LogP contribution is -2.16. The second-order valence-corrected chi connectivity index (χ2v) is 6.05. The number of rotatable bonds is 6. The number of aromatic nitrogens is 2. The van der Waals surface area contributed by atoms with Crippen LogP contribution in [0.2, 0.25) is 0 Å². The summed E-state index contributed by atoms with van der Waals surface area (Å²) in [5.41, 5.74) is 4.97. The van der Waals surface area contributed by atoms with Crippen molar-refractivity contribution in [3.63, 3.8) is 0 Å². The van der Waals surface area contributed by atoms with E-state index in [0.29, 0.717) is 0 Å². The molecule has 4 nitrogen and oxygen atoms in total. The first kappa shape index (κ1) is 14.8. The fourth-order valence-corrected chi connectivity index (χ4v) is 3.16. The summed E-state index contributed by atoms with van der Waals surface area (Å²) in [6.07, 6.45) is 5.06. The zero-order chi connectivity index (χ0) is 16.4. The van der Waals surface area contributed by atoms with Crippen molar-refractivity contribution in [2.24, 2.45) is 0 Å². The van der Waals surface area contributed by atoms with Gasteiger partial charge in [0.2, 0.25) is 0 Å². The van der Waals surface area contributed by atoms with Gasteiger partial charge in [-0.05, 0) is 65.9 Å². The molecule has 0 saturated heterocycles. The number of aromatic amines is 2. The third kappa shape index (κ3) is 2.88. The Kier molecular flexibility index (Phi) is 3.97. The Hall–Kier alpha value is -2.72. The van der Waals surface area contributed by atoms with E-state index in [2.05, 4.69) is 57.9 Å². The lowest BCUT2D eigenvalue weighted by molar-refractivity contribution is 0.415. The van der Waals surface area contributed by atoms with Gasteiger partial charge in [-0.25, -0.2) is 0 Å². The largest absolute Gasteiger partial charge is 0.497 e. The molecule has 0 spiro atoms. The first-order valence-corrected chi connectivity index (χ1v) is 8.24. The lowest BCUT2D eigenvalue weighted by atomic mass is 10.1. The van der Waals surface area contributed by atoms with Crippen LogP contribution in [0.25, 0.3) is 21.8 Å². The molecule has 4 heteroatoms. The summed E-state index contributed by atoms with van der Waals surface area (Å²) < 4.78 is 5.33. The van der Waals surface area contributed by atoms with Crippen molar-refractivity contribution in [2.75, 3.05) is 13.7 Å². The molecular formula is C20H21N3O. The molecule has 2 aromatic heterocycles. The van der Waals surface area contributed by atoms with Crippen LogP contribution in [0.3, 0.4) is 0 Å². The van der Waals surface area contributed by atoms with E-state index >= 15 is 0 Å². The molecule has 3 N–H and O–H groups in total. The van der Waals surface area contributed by atoms with Gasteiger partial charge in [0, 0.05) is 35.4 Å². The highest BCUT2D eigenvalue weighted by atomic mass is 16.5. The molecule has 122 valence electrons. The van der Waals surface area contributed by atoms with E-state index in [1.54, 1.807) is 7.11 Å². The molecule has 0 aliphatic rings. The number of ether oxygens (including phenoxy) is 1. The molecule has 0 radical (unpaired) electrons. The average Bonchev–Trinajstić information content (AvgIpc) is 3.24. The van der Waals surface area contributed by atoms with Crippen molar-refractivity contribution in [3.8, 4) is 5.75 Å². The molecule has 0 atom stereocenters. The Balaban J connectivity index is 1.38. The summed E-state index contributed by atoms with van der Waals surface area (Å²) in [6, 6.07) is 14.8. The molecule has 0 saturated carbocycles. The summed E-state index contributed by atoms with van der Waals surface area (Å²) in [4.78, 5) is 6.55. The summed E-state index contributed by atoms with van der Waals surface area (Å²) in [5, 5.41) is 6.04. The lowest BCUT2D eigenvalue weighted by Gasteiger charge is -2.06. The van der Waals surface area contributed by atoms with Crippen LogP contribution in [0.15, 0.2) is 54.9 Å². The Bertz CT molecular complexity index is 967. The van der Waals surface area contributed by atoms with Crippen molar-refractivity contribution >= 4 is 21.8 Å². The topological polar surface area (TPSA) is 52.8 Å². The van der Waals surface area contributed by atoms with Gasteiger partial charge in [-0.2, -0.15) is 0 Å². The van der Waals surface area contributed by atoms with Gasteiger partial charge in [0.25, 0.3) is 0 Å². The molecule has 2 aromatic carbocycles. The van der Waals surface area contributed by atoms with Crippen LogP contribution in [-0.2, 0) is 13.0 Å². The van der Waals surface area contributed by atoms with Gasteiger partial charge < -0.3 is 20.0 Å². The van der Waals surface area contributed by atoms with Gasteiger partial charge in [0.1, 0.15) is 5.75 Å².